The third-order valence-electron chi connectivity index (χ3n) is 2.37. The lowest BCUT2D eigenvalue weighted by Crippen LogP contribution is -2.30. The SMILES string of the molecule is NNC(=O)c1cc(COc2cc(Br)cc([N+](=O)[O-])c2)on1. The monoisotopic (exact) mass is 356 g/mol. The van der Waals surface area contributed by atoms with Crippen molar-refractivity contribution in [2.75, 3.05) is 0 Å². The number of ether oxygens (including phenoxy) is 1. The van der Waals surface area contributed by atoms with Crippen LogP contribution in [0.2, 0.25) is 0 Å². The molecule has 0 aliphatic carbocycles. The van der Waals surface area contributed by atoms with E-state index >= 15 is 0 Å². The maximum absolute atomic E-state index is 11.2. The average molecular weight is 357 g/mol. The number of hydrogen-bond donors (Lipinski definition) is 2. The highest BCUT2D eigenvalue weighted by Crippen LogP contribution is 2.26. The standard InChI is InChI=1S/C11H9BrN4O5/c12-6-1-7(16(18)19)3-8(2-6)20-5-9-4-10(15-21-9)11(17)14-13/h1-4H,5,13H2,(H,14,17). The van der Waals surface area contributed by atoms with Gasteiger partial charge in [-0.05, 0) is 6.07 Å². The van der Waals surface area contributed by atoms with E-state index in [1.807, 2.05) is 5.43 Å². The van der Waals surface area contributed by atoms with Crippen LogP contribution in [-0.4, -0.2) is 16.0 Å². The van der Waals surface area contributed by atoms with Gasteiger partial charge in [-0.2, -0.15) is 0 Å². The molecule has 10 heteroatoms. The number of nitrogens with zero attached hydrogens (tertiary/aromatic N) is 2. The Labute approximate surface area is 126 Å². The number of rotatable bonds is 5. The van der Waals surface area contributed by atoms with Gasteiger partial charge in [-0.15, -0.1) is 0 Å². The number of hydrogen-bond acceptors (Lipinski definition) is 7. The zero-order chi connectivity index (χ0) is 15.4. The summed E-state index contributed by atoms with van der Waals surface area (Å²) in [7, 11) is 0. The van der Waals surface area contributed by atoms with E-state index in [9.17, 15) is 14.9 Å². The molecule has 1 heterocycles. The molecule has 21 heavy (non-hydrogen) atoms. The molecule has 0 unspecified atom stereocenters. The van der Waals surface area contributed by atoms with Gasteiger partial charge in [0.05, 0.1) is 11.0 Å². The predicted octanol–water partition coefficient (Wildman–Crippen LogP) is 1.53. The highest BCUT2D eigenvalue weighted by atomic mass is 79.9. The predicted molar refractivity (Wildman–Crippen MR) is 73.3 cm³/mol. The number of amides is 1. The highest BCUT2D eigenvalue weighted by molar-refractivity contribution is 9.10. The molecule has 1 amide bonds. The molecule has 1 aromatic heterocycles. The smallest absolute Gasteiger partial charge is 0.287 e. The molecule has 0 atom stereocenters. The van der Waals surface area contributed by atoms with Crippen LogP contribution in [0.25, 0.3) is 0 Å². The van der Waals surface area contributed by atoms with Gasteiger partial charge < -0.3 is 9.26 Å². The van der Waals surface area contributed by atoms with Crippen molar-refractivity contribution < 1.29 is 19.0 Å². The molecule has 0 saturated heterocycles. The fourth-order valence-corrected chi connectivity index (χ4v) is 1.91. The normalized spacial score (nSPS) is 10.2. The molecule has 3 N–H and O–H groups in total. The third-order valence-corrected chi connectivity index (χ3v) is 2.83. The zero-order valence-electron chi connectivity index (χ0n) is 10.4. The molecule has 0 fully saturated rings. The second-order valence-corrected chi connectivity index (χ2v) is 4.76. The van der Waals surface area contributed by atoms with Gasteiger partial charge in [0.1, 0.15) is 12.4 Å². The van der Waals surface area contributed by atoms with Crippen molar-refractivity contribution in [3.05, 3.63) is 50.3 Å². The minimum Gasteiger partial charge on any atom is -0.485 e. The summed E-state index contributed by atoms with van der Waals surface area (Å²) < 4.78 is 10.7. The van der Waals surface area contributed by atoms with Crippen molar-refractivity contribution in [3.63, 3.8) is 0 Å². The van der Waals surface area contributed by atoms with Crippen LogP contribution in [0.5, 0.6) is 5.75 Å². The molecular formula is C11H9BrN4O5. The summed E-state index contributed by atoms with van der Waals surface area (Å²) in [4.78, 5) is 21.4. The van der Waals surface area contributed by atoms with Crippen LogP contribution in [0.1, 0.15) is 16.2 Å². The Kier molecular flexibility index (Phi) is 4.50. The highest BCUT2D eigenvalue weighted by Gasteiger charge is 2.13. The van der Waals surface area contributed by atoms with Crippen LogP contribution >= 0.6 is 15.9 Å². The molecule has 0 bridgehead atoms. The molecule has 2 aromatic rings. The number of nitro benzene ring substituents is 1. The molecule has 0 aliphatic heterocycles. The lowest BCUT2D eigenvalue weighted by atomic mass is 10.3. The molecule has 1 aromatic carbocycles. The molecular weight excluding hydrogens is 348 g/mol. The number of carbonyl (C=O) groups is 1. The number of nitro groups is 1. The van der Waals surface area contributed by atoms with Crippen LogP contribution in [0, 0.1) is 10.1 Å². The van der Waals surface area contributed by atoms with Crippen molar-refractivity contribution in [2.24, 2.45) is 5.84 Å². The van der Waals surface area contributed by atoms with Crippen LogP contribution in [0.3, 0.4) is 0 Å². The fraction of sp³-hybridized carbons (Fsp3) is 0.0909. The molecule has 9 nitrogen and oxygen atoms in total. The summed E-state index contributed by atoms with van der Waals surface area (Å²) >= 11 is 3.15. The van der Waals surface area contributed by atoms with Crippen LogP contribution < -0.4 is 16.0 Å². The third kappa shape index (κ3) is 3.77. The van der Waals surface area contributed by atoms with E-state index in [2.05, 4.69) is 21.1 Å². The van der Waals surface area contributed by atoms with Gasteiger partial charge in [0.25, 0.3) is 11.6 Å². The van der Waals surface area contributed by atoms with Crippen molar-refractivity contribution in [1.29, 1.82) is 0 Å². The molecule has 0 aliphatic rings. The van der Waals surface area contributed by atoms with Crippen molar-refractivity contribution in [3.8, 4) is 5.75 Å². The first-order chi connectivity index (χ1) is 9.99. The van der Waals surface area contributed by atoms with E-state index < -0.39 is 10.8 Å². The van der Waals surface area contributed by atoms with E-state index in [4.69, 9.17) is 15.1 Å². The number of hydrazine groups is 1. The average Bonchev–Trinajstić information content (AvgIpc) is 2.92. The Bertz CT molecular complexity index is 687. The summed E-state index contributed by atoms with van der Waals surface area (Å²) in [6.07, 6.45) is 0. The number of benzene rings is 1. The summed E-state index contributed by atoms with van der Waals surface area (Å²) in [5.41, 5.74) is 1.81. The summed E-state index contributed by atoms with van der Waals surface area (Å²) in [6, 6.07) is 5.55. The number of carbonyl (C=O) groups excluding carboxylic acids is 1. The lowest BCUT2D eigenvalue weighted by Gasteiger charge is -2.04. The molecule has 0 saturated carbocycles. The van der Waals surface area contributed by atoms with Gasteiger partial charge in [-0.3, -0.25) is 20.3 Å². The molecule has 110 valence electrons. The second kappa shape index (κ2) is 6.33. The number of nitrogen functional groups attached to an aromatic ring is 1. The van der Waals surface area contributed by atoms with Gasteiger partial charge in [0.2, 0.25) is 0 Å². The van der Waals surface area contributed by atoms with Gasteiger partial charge in [-0.25, -0.2) is 5.84 Å². The van der Waals surface area contributed by atoms with Crippen LogP contribution in [-0.2, 0) is 6.61 Å². The number of aromatic nitrogens is 1. The lowest BCUT2D eigenvalue weighted by molar-refractivity contribution is -0.385. The van der Waals surface area contributed by atoms with Gasteiger partial charge in [-0.1, -0.05) is 21.1 Å². The number of nitrogens with two attached hydrogens (primary N) is 1. The molecule has 0 radical (unpaired) electrons. The second-order valence-electron chi connectivity index (χ2n) is 3.84. The molecule has 0 spiro atoms. The first kappa shape index (κ1) is 14.9. The topological polar surface area (TPSA) is 134 Å². The van der Waals surface area contributed by atoms with E-state index in [-0.39, 0.29) is 29.5 Å². The van der Waals surface area contributed by atoms with Gasteiger partial charge >= 0.3 is 0 Å². The fourth-order valence-electron chi connectivity index (χ4n) is 1.45. The summed E-state index contributed by atoms with van der Waals surface area (Å²) in [5, 5.41) is 14.2. The van der Waals surface area contributed by atoms with E-state index in [1.165, 1.54) is 18.2 Å². The van der Waals surface area contributed by atoms with E-state index in [0.717, 1.165) is 0 Å². The van der Waals surface area contributed by atoms with Crippen LogP contribution in [0.15, 0.2) is 33.3 Å². The van der Waals surface area contributed by atoms with Gasteiger partial charge in [0, 0.05) is 16.6 Å². The Morgan fingerprint density at radius 3 is 2.90 bits per heavy atom. The minimum atomic E-state index is -0.594. The van der Waals surface area contributed by atoms with Gasteiger partial charge in [0.15, 0.2) is 11.5 Å². The van der Waals surface area contributed by atoms with Crippen LogP contribution in [0.4, 0.5) is 5.69 Å². The first-order valence-electron chi connectivity index (χ1n) is 5.54. The van der Waals surface area contributed by atoms with Crippen molar-refractivity contribution >= 4 is 27.5 Å². The van der Waals surface area contributed by atoms with Crippen molar-refractivity contribution in [2.45, 2.75) is 6.61 Å². The quantitative estimate of drug-likeness (QED) is 0.359. The zero-order valence-corrected chi connectivity index (χ0v) is 12.0. The summed E-state index contributed by atoms with van der Waals surface area (Å²) in [6.45, 7) is -0.0432. The van der Waals surface area contributed by atoms with E-state index in [1.54, 1.807) is 6.07 Å². The Morgan fingerprint density at radius 1 is 1.48 bits per heavy atom. The molecule has 2 rings (SSSR count). The maximum Gasteiger partial charge on any atom is 0.287 e. The van der Waals surface area contributed by atoms with Crippen molar-refractivity contribution in [1.82, 2.24) is 10.6 Å². The Balaban J connectivity index is 2.07. The number of non-ortho nitro benzene ring substituents is 1. The largest absolute Gasteiger partial charge is 0.485 e. The minimum absolute atomic E-state index is 0.0105. The first-order valence-corrected chi connectivity index (χ1v) is 6.33. The number of halogens is 1. The maximum atomic E-state index is 11.2. The Hall–Kier alpha value is -2.46. The number of nitrogens with one attached hydrogen (secondary N) is 1. The van der Waals surface area contributed by atoms with E-state index in [0.29, 0.717) is 4.47 Å². The summed E-state index contributed by atoms with van der Waals surface area (Å²) in [5.74, 6) is 4.91. The Morgan fingerprint density at radius 2 is 2.24 bits per heavy atom.